The third kappa shape index (κ3) is 4.40. The van der Waals surface area contributed by atoms with E-state index in [-0.39, 0.29) is 17.9 Å². The zero-order valence-corrected chi connectivity index (χ0v) is 15.6. The number of carbonyl (C=O) groups is 2. The molecular formula is C20H17F2N3O4. The molecule has 3 aromatic rings. The van der Waals surface area contributed by atoms with E-state index in [1.54, 1.807) is 19.2 Å². The Balaban J connectivity index is 1.89. The van der Waals surface area contributed by atoms with Crippen LogP contribution in [-0.2, 0) is 11.3 Å². The number of nitrogens with zero attached hydrogens (tertiary/aromatic N) is 2. The van der Waals surface area contributed by atoms with Crippen molar-refractivity contribution in [2.24, 2.45) is 0 Å². The van der Waals surface area contributed by atoms with E-state index in [2.05, 4.69) is 15.2 Å². The minimum absolute atomic E-state index is 0.0296. The quantitative estimate of drug-likeness (QED) is 0.641. The van der Waals surface area contributed by atoms with Crippen LogP contribution in [0.5, 0.6) is 5.75 Å². The molecule has 1 amide bonds. The highest BCUT2D eigenvalue weighted by molar-refractivity contribution is 6.07. The second-order valence-electron chi connectivity index (χ2n) is 5.98. The zero-order chi connectivity index (χ0) is 21.0. The lowest BCUT2D eigenvalue weighted by molar-refractivity contribution is 0.0594. The fraction of sp³-hybridized carbons (Fsp3) is 0.150. The molecule has 0 fully saturated rings. The highest BCUT2D eigenvalue weighted by Gasteiger charge is 2.23. The summed E-state index contributed by atoms with van der Waals surface area (Å²) in [6.07, 6.45) is 1.38. The summed E-state index contributed by atoms with van der Waals surface area (Å²) in [4.78, 5) is 24.4. The van der Waals surface area contributed by atoms with E-state index >= 15 is 0 Å². The van der Waals surface area contributed by atoms with Crippen LogP contribution in [0.25, 0.3) is 0 Å². The summed E-state index contributed by atoms with van der Waals surface area (Å²) < 4.78 is 38.9. The predicted octanol–water partition coefficient (Wildman–Crippen LogP) is 3.26. The maximum atomic E-state index is 13.9. The van der Waals surface area contributed by atoms with Gasteiger partial charge in [0.15, 0.2) is 5.69 Å². The number of anilines is 1. The first-order valence-electron chi connectivity index (χ1n) is 8.47. The van der Waals surface area contributed by atoms with Crippen molar-refractivity contribution in [3.05, 3.63) is 77.1 Å². The van der Waals surface area contributed by atoms with Crippen molar-refractivity contribution in [1.82, 2.24) is 9.78 Å². The van der Waals surface area contributed by atoms with Gasteiger partial charge in [0, 0.05) is 6.20 Å². The molecule has 1 heterocycles. The van der Waals surface area contributed by atoms with E-state index in [1.807, 2.05) is 12.1 Å². The molecule has 1 N–H and O–H groups in total. The topological polar surface area (TPSA) is 82.4 Å². The van der Waals surface area contributed by atoms with Crippen molar-refractivity contribution < 1.29 is 27.8 Å². The van der Waals surface area contributed by atoms with Crippen LogP contribution in [0.2, 0.25) is 0 Å². The summed E-state index contributed by atoms with van der Waals surface area (Å²) in [5.74, 6) is -3.21. The first-order chi connectivity index (χ1) is 13.9. The number of hydrogen-bond acceptors (Lipinski definition) is 5. The van der Waals surface area contributed by atoms with Crippen LogP contribution in [0.4, 0.5) is 14.5 Å². The second-order valence-corrected chi connectivity index (χ2v) is 5.98. The van der Waals surface area contributed by atoms with Gasteiger partial charge < -0.3 is 14.8 Å². The van der Waals surface area contributed by atoms with E-state index in [1.165, 1.54) is 10.9 Å². The number of hydrogen-bond donors (Lipinski definition) is 1. The van der Waals surface area contributed by atoms with Crippen molar-refractivity contribution in [3.63, 3.8) is 0 Å². The highest BCUT2D eigenvalue weighted by atomic mass is 19.1. The third-order valence-electron chi connectivity index (χ3n) is 4.08. The lowest BCUT2D eigenvalue weighted by atomic mass is 10.2. The summed E-state index contributed by atoms with van der Waals surface area (Å²) in [7, 11) is 2.71. The van der Waals surface area contributed by atoms with Gasteiger partial charge in [0.2, 0.25) is 0 Å². The minimum atomic E-state index is -1.05. The van der Waals surface area contributed by atoms with Crippen molar-refractivity contribution in [3.8, 4) is 5.75 Å². The molecule has 0 aliphatic heterocycles. The fourth-order valence-electron chi connectivity index (χ4n) is 2.66. The molecule has 1 aromatic heterocycles. The highest BCUT2D eigenvalue weighted by Crippen LogP contribution is 2.20. The van der Waals surface area contributed by atoms with Gasteiger partial charge in [-0.1, -0.05) is 18.2 Å². The van der Waals surface area contributed by atoms with E-state index in [4.69, 9.17) is 4.74 Å². The van der Waals surface area contributed by atoms with Crippen LogP contribution < -0.4 is 10.1 Å². The standard InChI is InChI=1S/C20H17F2N3O4/c1-28-13-8-6-12(7-9-13)10-25-11-16(18(24-25)20(27)29-2)23-19(26)17-14(21)4-3-5-15(17)22/h3-9,11H,10H2,1-2H3,(H,23,26). The molecule has 0 saturated heterocycles. The molecule has 0 spiro atoms. The predicted molar refractivity (Wildman–Crippen MR) is 100.0 cm³/mol. The van der Waals surface area contributed by atoms with Crippen LogP contribution in [0.1, 0.15) is 26.4 Å². The van der Waals surface area contributed by atoms with Crippen LogP contribution in [0.15, 0.2) is 48.7 Å². The van der Waals surface area contributed by atoms with Crippen molar-refractivity contribution >= 4 is 17.6 Å². The molecule has 150 valence electrons. The molecule has 0 bridgehead atoms. The lowest BCUT2D eigenvalue weighted by Gasteiger charge is -2.06. The summed E-state index contributed by atoms with van der Waals surface area (Å²) in [6, 6.07) is 10.2. The molecular weight excluding hydrogens is 384 g/mol. The second kappa shape index (κ2) is 8.51. The van der Waals surface area contributed by atoms with E-state index in [9.17, 15) is 18.4 Å². The first kappa shape index (κ1) is 20.0. The van der Waals surface area contributed by atoms with Crippen molar-refractivity contribution in [2.75, 3.05) is 19.5 Å². The van der Waals surface area contributed by atoms with Crippen LogP contribution in [-0.4, -0.2) is 35.9 Å². The summed E-state index contributed by atoms with van der Waals surface area (Å²) >= 11 is 0. The normalized spacial score (nSPS) is 10.5. The number of halogens is 2. The van der Waals surface area contributed by atoms with Gasteiger partial charge in [-0.05, 0) is 29.8 Å². The smallest absolute Gasteiger partial charge is 0.360 e. The molecule has 29 heavy (non-hydrogen) atoms. The number of methoxy groups -OCH3 is 2. The van der Waals surface area contributed by atoms with Gasteiger partial charge in [-0.15, -0.1) is 0 Å². The Morgan fingerprint density at radius 1 is 1.07 bits per heavy atom. The van der Waals surface area contributed by atoms with Crippen molar-refractivity contribution in [2.45, 2.75) is 6.54 Å². The molecule has 0 unspecified atom stereocenters. The fourth-order valence-corrected chi connectivity index (χ4v) is 2.66. The number of nitrogens with one attached hydrogen (secondary N) is 1. The molecule has 0 aliphatic carbocycles. The Morgan fingerprint density at radius 3 is 2.31 bits per heavy atom. The van der Waals surface area contributed by atoms with E-state index in [0.29, 0.717) is 5.75 Å². The van der Waals surface area contributed by atoms with Crippen LogP contribution >= 0.6 is 0 Å². The van der Waals surface area contributed by atoms with Gasteiger partial charge in [-0.3, -0.25) is 9.48 Å². The van der Waals surface area contributed by atoms with E-state index < -0.39 is 29.1 Å². The monoisotopic (exact) mass is 401 g/mol. The Hall–Kier alpha value is -3.75. The number of ether oxygens (including phenoxy) is 2. The Kier molecular flexibility index (Phi) is 5.87. The Morgan fingerprint density at radius 2 is 1.72 bits per heavy atom. The largest absolute Gasteiger partial charge is 0.497 e. The van der Waals surface area contributed by atoms with Gasteiger partial charge in [-0.25, -0.2) is 13.6 Å². The molecule has 0 atom stereocenters. The number of aromatic nitrogens is 2. The van der Waals surface area contributed by atoms with Crippen molar-refractivity contribution in [1.29, 1.82) is 0 Å². The zero-order valence-electron chi connectivity index (χ0n) is 15.6. The number of carbonyl (C=O) groups excluding carboxylic acids is 2. The molecule has 3 rings (SSSR count). The van der Waals surface area contributed by atoms with Gasteiger partial charge in [0.25, 0.3) is 5.91 Å². The Bertz CT molecular complexity index is 1030. The average molecular weight is 401 g/mol. The van der Waals surface area contributed by atoms with Gasteiger partial charge in [0.1, 0.15) is 22.9 Å². The SMILES string of the molecule is COC(=O)c1nn(Cc2ccc(OC)cc2)cc1NC(=O)c1c(F)cccc1F. The maximum Gasteiger partial charge on any atom is 0.360 e. The van der Waals surface area contributed by atoms with Gasteiger partial charge in [0.05, 0.1) is 26.5 Å². The lowest BCUT2D eigenvalue weighted by Crippen LogP contribution is -2.17. The Labute approximate surface area is 164 Å². The molecule has 7 nitrogen and oxygen atoms in total. The number of amides is 1. The molecule has 0 saturated carbocycles. The molecule has 9 heteroatoms. The van der Waals surface area contributed by atoms with Crippen LogP contribution in [0.3, 0.4) is 0 Å². The number of esters is 1. The number of benzene rings is 2. The van der Waals surface area contributed by atoms with E-state index in [0.717, 1.165) is 30.9 Å². The first-order valence-corrected chi connectivity index (χ1v) is 8.47. The van der Waals surface area contributed by atoms with Gasteiger partial charge >= 0.3 is 5.97 Å². The summed E-state index contributed by atoms with van der Waals surface area (Å²) in [6.45, 7) is 0.276. The average Bonchev–Trinajstić information content (AvgIpc) is 3.09. The molecule has 0 radical (unpaired) electrons. The summed E-state index contributed by atoms with van der Waals surface area (Å²) in [5, 5.41) is 6.44. The van der Waals surface area contributed by atoms with Gasteiger partial charge in [-0.2, -0.15) is 5.10 Å². The van der Waals surface area contributed by atoms with Crippen LogP contribution in [0, 0.1) is 11.6 Å². The summed E-state index contributed by atoms with van der Waals surface area (Å²) in [5.41, 5.74) is -0.127. The minimum Gasteiger partial charge on any atom is -0.497 e. The molecule has 0 aliphatic rings. The third-order valence-corrected chi connectivity index (χ3v) is 4.08. The number of rotatable bonds is 6. The molecule has 2 aromatic carbocycles. The maximum absolute atomic E-state index is 13.9.